The predicted molar refractivity (Wildman–Crippen MR) is 69.7 cm³/mol. The Morgan fingerprint density at radius 2 is 2.06 bits per heavy atom. The van der Waals surface area contributed by atoms with Gasteiger partial charge in [0.2, 0.25) is 0 Å². The van der Waals surface area contributed by atoms with Crippen molar-refractivity contribution in [3.63, 3.8) is 0 Å². The van der Waals surface area contributed by atoms with Crippen molar-refractivity contribution in [3.8, 4) is 0 Å². The van der Waals surface area contributed by atoms with E-state index < -0.39 is 6.03 Å². The number of hydrogen-bond acceptors (Lipinski definition) is 3. The van der Waals surface area contributed by atoms with Gasteiger partial charge in [0.1, 0.15) is 0 Å². The third-order valence-corrected chi connectivity index (χ3v) is 2.37. The van der Waals surface area contributed by atoms with E-state index in [2.05, 4.69) is 10.6 Å². The Hall–Kier alpha value is -1.75. The molecule has 0 unspecified atom stereocenters. The zero-order valence-electron chi connectivity index (χ0n) is 10.0. The molecule has 2 N–H and O–H groups in total. The molecule has 0 radical (unpaired) electrons. The number of halogens is 1. The quantitative estimate of drug-likeness (QED) is 0.808. The predicted octanol–water partition coefficient (Wildman–Crippen LogP) is 2.41. The number of rotatable bonds is 5. The lowest BCUT2D eigenvalue weighted by Crippen LogP contribution is -2.31. The molecule has 0 saturated heterocycles. The zero-order chi connectivity index (χ0) is 13.4. The number of hydrogen-bond donors (Lipinski definition) is 2. The van der Waals surface area contributed by atoms with Crippen LogP contribution in [0.25, 0.3) is 0 Å². The summed E-state index contributed by atoms with van der Waals surface area (Å²) in [6, 6.07) is 6.49. The lowest BCUT2D eigenvalue weighted by Gasteiger charge is -2.08. The maximum atomic E-state index is 11.5. The molecule has 0 spiro atoms. The molecule has 6 heteroatoms. The fraction of sp³-hybridized carbons (Fsp3) is 0.333. The maximum absolute atomic E-state index is 11.5. The molecule has 0 atom stereocenters. The van der Waals surface area contributed by atoms with Crippen molar-refractivity contribution < 1.29 is 14.3 Å². The van der Waals surface area contributed by atoms with Crippen LogP contribution in [0.5, 0.6) is 0 Å². The molecule has 1 aromatic rings. The Bertz CT molecular complexity index is 424. The molecule has 1 rings (SSSR count). The van der Waals surface area contributed by atoms with Crippen molar-refractivity contribution in [2.45, 2.75) is 13.3 Å². The molecule has 0 aliphatic rings. The highest BCUT2D eigenvalue weighted by atomic mass is 35.5. The minimum Gasteiger partial charge on any atom is -0.466 e. The fourth-order valence-corrected chi connectivity index (χ4v) is 1.42. The SMILES string of the molecule is CCOC(=O)CCNC(=O)Nc1ccccc1Cl. The van der Waals surface area contributed by atoms with Crippen LogP contribution in [0, 0.1) is 0 Å². The van der Waals surface area contributed by atoms with Crippen molar-refractivity contribution in [1.82, 2.24) is 5.32 Å². The van der Waals surface area contributed by atoms with E-state index in [4.69, 9.17) is 16.3 Å². The molecule has 0 aliphatic carbocycles. The third kappa shape index (κ3) is 5.05. The number of ether oxygens (including phenoxy) is 1. The van der Waals surface area contributed by atoms with Crippen LogP contribution in [-0.2, 0) is 9.53 Å². The Morgan fingerprint density at radius 3 is 2.72 bits per heavy atom. The van der Waals surface area contributed by atoms with E-state index in [0.717, 1.165) is 0 Å². The lowest BCUT2D eigenvalue weighted by atomic mass is 10.3. The van der Waals surface area contributed by atoms with Crippen molar-refractivity contribution in [3.05, 3.63) is 29.3 Å². The van der Waals surface area contributed by atoms with Gasteiger partial charge in [-0.25, -0.2) is 4.79 Å². The van der Waals surface area contributed by atoms with Gasteiger partial charge < -0.3 is 15.4 Å². The summed E-state index contributed by atoms with van der Waals surface area (Å²) in [4.78, 5) is 22.5. The average Bonchev–Trinajstić information content (AvgIpc) is 2.32. The molecule has 5 nitrogen and oxygen atoms in total. The largest absolute Gasteiger partial charge is 0.466 e. The van der Waals surface area contributed by atoms with E-state index in [1.54, 1.807) is 31.2 Å². The third-order valence-electron chi connectivity index (χ3n) is 2.04. The summed E-state index contributed by atoms with van der Waals surface area (Å²) in [7, 11) is 0. The Labute approximate surface area is 110 Å². The van der Waals surface area contributed by atoms with Crippen LogP contribution in [-0.4, -0.2) is 25.2 Å². The van der Waals surface area contributed by atoms with E-state index in [9.17, 15) is 9.59 Å². The van der Waals surface area contributed by atoms with Gasteiger partial charge in [-0.3, -0.25) is 4.79 Å². The second-order valence-electron chi connectivity index (χ2n) is 3.42. The summed E-state index contributed by atoms with van der Waals surface area (Å²) in [5.74, 6) is -0.337. The molecule has 2 amide bonds. The van der Waals surface area contributed by atoms with Crippen LogP contribution in [0.1, 0.15) is 13.3 Å². The highest BCUT2D eigenvalue weighted by Crippen LogP contribution is 2.19. The first kappa shape index (κ1) is 14.3. The van der Waals surface area contributed by atoms with E-state index in [1.165, 1.54) is 0 Å². The molecule has 0 saturated carbocycles. The van der Waals surface area contributed by atoms with E-state index in [0.29, 0.717) is 17.3 Å². The van der Waals surface area contributed by atoms with Crippen LogP contribution in [0.15, 0.2) is 24.3 Å². The molecule has 98 valence electrons. The molecule has 0 aromatic heterocycles. The molecule has 1 aromatic carbocycles. The van der Waals surface area contributed by atoms with Gasteiger partial charge >= 0.3 is 12.0 Å². The fourth-order valence-electron chi connectivity index (χ4n) is 1.24. The minimum atomic E-state index is -0.410. The number of nitrogens with one attached hydrogen (secondary N) is 2. The van der Waals surface area contributed by atoms with Gasteiger partial charge in [0, 0.05) is 6.54 Å². The zero-order valence-corrected chi connectivity index (χ0v) is 10.8. The summed E-state index contributed by atoms with van der Waals surface area (Å²) < 4.78 is 4.73. The standard InChI is InChI=1S/C12H15ClN2O3/c1-2-18-11(16)7-8-14-12(17)15-10-6-4-3-5-9(10)13/h3-6H,2,7-8H2,1H3,(H2,14,15,17). The van der Waals surface area contributed by atoms with Gasteiger partial charge in [-0.1, -0.05) is 23.7 Å². The Balaban J connectivity index is 2.30. The molecular formula is C12H15ClN2O3. The van der Waals surface area contributed by atoms with E-state index in [-0.39, 0.29) is 18.9 Å². The normalized spacial score (nSPS) is 9.67. The number of carbonyl (C=O) groups excluding carboxylic acids is 2. The van der Waals surface area contributed by atoms with Crippen molar-refractivity contribution >= 4 is 29.3 Å². The molecule has 0 aliphatic heterocycles. The second kappa shape index (κ2) is 7.55. The number of benzene rings is 1. The summed E-state index contributed by atoms with van der Waals surface area (Å²) in [5.41, 5.74) is 0.521. The van der Waals surface area contributed by atoms with E-state index >= 15 is 0 Å². The number of amides is 2. The topological polar surface area (TPSA) is 67.4 Å². The van der Waals surface area contributed by atoms with Gasteiger partial charge in [0.05, 0.1) is 23.7 Å². The highest BCUT2D eigenvalue weighted by Gasteiger charge is 2.06. The van der Waals surface area contributed by atoms with Crippen LogP contribution in [0.2, 0.25) is 5.02 Å². The van der Waals surface area contributed by atoms with Crippen LogP contribution < -0.4 is 10.6 Å². The number of urea groups is 1. The first-order valence-electron chi connectivity index (χ1n) is 5.58. The van der Waals surface area contributed by atoms with Gasteiger partial charge in [-0.15, -0.1) is 0 Å². The number of esters is 1. The van der Waals surface area contributed by atoms with Crippen LogP contribution in [0.4, 0.5) is 10.5 Å². The first-order chi connectivity index (χ1) is 8.63. The minimum absolute atomic E-state index is 0.143. The van der Waals surface area contributed by atoms with Crippen LogP contribution >= 0.6 is 11.6 Å². The summed E-state index contributed by atoms with van der Waals surface area (Å²) >= 11 is 5.88. The van der Waals surface area contributed by atoms with Gasteiger partial charge in [0.15, 0.2) is 0 Å². The van der Waals surface area contributed by atoms with Gasteiger partial charge in [-0.05, 0) is 19.1 Å². The van der Waals surface area contributed by atoms with Crippen molar-refractivity contribution in [1.29, 1.82) is 0 Å². The monoisotopic (exact) mass is 270 g/mol. The molecule has 0 heterocycles. The molecule has 0 fully saturated rings. The van der Waals surface area contributed by atoms with Gasteiger partial charge in [-0.2, -0.15) is 0 Å². The van der Waals surface area contributed by atoms with Gasteiger partial charge in [0.25, 0.3) is 0 Å². The number of carbonyl (C=O) groups is 2. The average molecular weight is 271 g/mol. The number of para-hydroxylation sites is 1. The maximum Gasteiger partial charge on any atom is 0.319 e. The highest BCUT2D eigenvalue weighted by molar-refractivity contribution is 6.33. The molecule has 0 bridgehead atoms. The lowest BCUT2D eigenvalue weighted by molar-refractivity contribution is -0.142. The number of anilines is 1. The van der Waals surface area contributed by atoms with Crippen LogP contribution in [0.3, 0.4) is 0 Å². The smallest absolute Gasteiger partial charge is 0.319 e. The second-order valence-corrected chi connectivity index (χ2v) is 3.82. The Morgan fingerprint density at radius 1 is 1.33 bits per heavy atom. The summed E-state index contributed by atoms with van der Waals surface area (Å²) in [6.07, 6.45) is 0.143. The first-order valence-corrected chi connectivity index (χ1v) is 5.96. The van der Waals surface area contributed by atoms with E-state index in [1.807, 2.05) is 0 Å². The van der Waals surface area contributed by atoms with Crippen molar-refractivity contribution in [2.75, 3.05) is 18.5 Å². The summed E-state index contributed by atoms with van der Waals surface area (Å²) in [5, 5.41) is 5.58. The summed E-state index contributed by atoms with van der Waals surface area (Å²) in [6.45, 7) is 2.29. The Kier molecular flexibility index (Phi) is 6.00. The van der Waals surface area contributed by atoms with Crippen molar-refractivity contribution in [2.24, 2.45) is 0 Å². The molecular weight excluding hydrogens is 256 g/mol. The molecule has 18 heavy (non-hydrogen) atoms.